The molecule has 0 amide bonds. The summed E-state index contributed by atoms with van der Waals surface area (Å²) in [5, 5.41) is 8.77. The minimum absolute atomic E-state index is 0.279. The molecule has 2 aromatic carbocycles. The van der Waals surface area contributed by atoms with Crippen LogP contribution in [0.3, 0.4) is 0 Å². The summed E-state index contributed by atoms with van der Waals surface area (Å²) in [6.07, 6.45) is 16.6. The first-order valence-corrected chi connectivity index (χ1v) is 14.1. The van der Waals surface area contributed by atoms with Crippen LogP contribution in [0.1, 0.15) is 76.2 Å². The average Bonchev–Trinajstić information content (AvgIpc) is 3.32. The van der Waals surface area contributed by atoms with E-state index < -0.39 is 5.97 Å². The molecule has 2 fully saturated rings. The first-order valence-electron chi connectivity index (χ1n) is 14.1. The van der Waals surface area contributed by atoms with Crippen molar-refractivity contribution in [3.63, 3.8) is 0 Å². The zero-order chi connectivity index (χ0) is 25.0. The Morgan fingerprint density at radius 1 is 0.889 bits per heavy atom. The van der Waals surface area contributed by atoms with Gasteiger partial charge < -0.3 is 14.7 Å². The number of rotatable bonds is 13. The largest absolute Gasteiger partial charge is 0.481 e. The zero-order valence-corrected chi connectivity index (χ0v) is 21.7. The summed E-state index contributed by atoms with van der Waals surface area (Å²) in [6.45, 7) is 3.17. The van der Waals surface area contributed by atoms with Crippen molar-refractivity contribution in [3.8, 4) is 11.1 Å². The lowest BCUT2D eigenvalue weighted by atomic mass is 9.93. The summed E-state index contributed by atoms with van der Waals surface area (Å²) < 4.78 is 6.59. The molecule has 1 saturated carbocycles. The van der Waals surface area contributed by atoms with Gasteiger partial charge in [0.05, 0.1) is 12.7 Å². The first kappa shape index (κ1) is 26.6. The maximum atomic E-state index is 10.7. The number of nitrogens with zero attached hydrogens (tertiary/aromatic N) is 1. The highest BCUT2D eigenvalue weighted by Crippen LogP contribution is 2.37. The van der Waals surface area contributed by atoms with E-state index in [1.165, 1.54) is 61.9 Å². The van der Waals surface area contributed by atoms with Crippen LogP contribution in [0.4, 0.5) is 0 Å². The van der Waals surface area contributed by atoms with E-state index in [9.17, 15) is 4.79 Å². The van der Waals surface area contributed by atoms with Crippen molar-refractivity contribution in [1.29, 1.82) is 0 Å². The molecule has 3 unspecified atom stereocenters. The summed E-state index contributed by atoms with van der Waals surface area (Å²) >= 11 is 0. The molecular formula is C32H43NO3. The average molecular weight is 490 g/mol. The second-order valence-electron chi connectivity index (χ2n) is 10.5. The molecule has 0 spiro atoms. The standard InChI is InChI=1S/C32H43NO3/c34-32(35)16-10-4-2-1-3-9-15-29-30(33-23-11-6-12-24-33)21-22-31(29)36-25-26-17-19-28(20-18-26)27-13-7-5-8-14-27/h1,3,5,7-8,13-14,17-20,29-31H,2,4,6,9-12,15-16,21-25H2,(H,34,35)/b3-1+. The van der Waals surface area contributed by atoms with Gasteiger partial charge in [0.25, 0.3) is 0 Å². The highest BCUT2D eigenvalue weighted by molar-refractivity contribution is 5.66. The molecule has 2 aliphatic rings. The van der Waals surface area contributed by atoms with Crippen LogP contribution in [0.15, 0.2) is 66.7 Å². The van der Waals surface area contributed by atoms with E-state index in [1.807, 2.05) is 0 Å². The van der Waals surface area contributed by atoms with E-state index in [0.717, 1.165) is 32.1 Å². The van der Waals surface area contributed by atoms with E-state index in [2.05, 4.69) is 71.6 Å². The van der Waals surface area contributed by atoms with Crippen molar-refractivity contribution in [2.75, 3.05) is 13.1 Å². The van der Waals surface area contributed by atoms with E-state index in [-0.39, 0.29) is 6.42 Å². The number of unbranched alkanes of at least 4 members (excludes halogenated alkanes) is 2. The number of hydrogen-bond donors (Lipinski definition) is 1. The summed E-state index contributed by atoms with van der Waals surface area (Å²) in [4.78, 5) is 13.4. The Morgan fingerprint density at radius 3 is 2.36 bits per heavy atom. The van der Waals surface area contributed by atoms with Gasteiger partial charge in [-0.25, -0.2) is 0 Å². The number of piperidine rings is 1. The van der Waals surface area contributed by atoms with E-state index in [1.54, 1.807) is 0 Å². The molecule has 0 bridgehead atoms. The Kier molecular flexibility index (Phi) is 10.6. The summed E-state index contributed by atoms with van der Waals surface area (Å²) in [7, 11) is 0. The number of benzene rings is 2. The van der Waals surface area contributed by atoms with E-state index >= 15 is 0 Å². The second kappa shape index (κ2) is 14.3. The fraction of sp³-hybridized carbons (Fsp3) is 0.531. The van der Waals surface area contributed by atoms with Gasteiger partial charge in [0.1, 0.15) is 0 Å². The third-order valence-corrected chi connectivity index (χ3v) is 7.95. The van der Waals surface area contributed by atoms with Gasteiger partial charge in [0.15, 0.2) is 0 Å². The molecule has 4 heteroatoms. The van der Waals surface area contributed by atoms with Crippen LogP contribution in [0, 0.1) is 5.92 Å². The molecule has 1 N–H and O–H groups in total. The van der Waals surface area contributed by atoms with E-state index in [4.69, 9.17) is 9.84 Å². The van der Waals surface area contributed by atoms with Gasteiger partial charge in [-0.05, 0) is 87.6 Å². The molecule has 1 saturated heterocycles. The van der Waals surface area contributed by atoms with Crippen molar-refractivity contribution in [3.05, 3.63) is 72.3 Å². The summed E-state index contributed by atoms with van der Waals surface area (Å²) in [5.41, 5.74) is 3.74. The molecule has 4 nitrogen and oxygen atoms in total. The topological polar surface area (TPSA) is 49.8 Å². The van der Waals surface area contributed by atoms with Crippen molar-refractivity contribution in [1.82, 2.24) is 4.90 Å². The van der Waals surface area contributed by atoms with Gasteiger partial charge >= 0.3 is 5.97 Å². The van der Waals surface area contributed by atoms with Gasteiger partial charge in [-0.2, -0.15) is 0 Å². The lowest BCUT2D eigenvalue weighted by Crippen LogP contribution is -2.43. The molecule has 1 heterocycles. The van der Waals surface area contributed by atoms with Crippen LogP contribution in [0.5, 0.6) is 0 Å². The minimum Gasteiger partial charge on any atom is -0.481 e. The summed E-state index contributed by atoms with van der Waals surface area (Å²) in [5.74, 6) is -0.106. The number of aliphatic carboxylic acids is 1. The third kappa shape index (κ3) is 8.04. The van der Waals surface area contributed by atoms with Crippen LogP contribution in [0.25, 0.3) is 11.1 Å². The van der Waals surface area contributed by atoms with Crippen LogP contribution >= 0.6 is 0 Å². The van der Waals surface area contributed by atoms with Crippen LogP contribution in [0.2, 0.25) is 0 Å². The lowest BCUT2D eigenvalue weighted by molar-refractivity contribution is -0.137. The summed E-state index contributed by atoms with van der Waals surface area (Å²) in [6, 6.07) is 20.0. The lowest BCUT2D eigenvalue weighted by Gasteiger charge is -2.37. The smallest absolute Gasteiger partial charge is 0.303 e. The quantitative estimate of drug-likeness (QED) is 0.234. The molecule has 3 atom stereocenters. The van der Waals surface area contributed by atoms with Crippen molar-refractivity contribution >= 4 is 5.97 Å². The Balaban J connectivity index is 1.29. The molecule has 0 radical (unpaired) electrons. The van der Waals surface area contributed by atoms with E-state index in [0.29, 0.717) is 24.7 Å². The number of hydrogen-bond acceptors (Lipinski definition) is 3. The highest BCUT2D eigenvalue weighted by Gasteiger charge is 2.39. The minimum atomic E-state index is -0.692. The maximum Gasteiger partial charge on any atom is 0.303 e. The third-order valence-electron chi connectivity index (χ3n) is 7.95. The van der Waals surface area contributed by atoms with Gasteiger partial charge in [0.2, 0.25) is 0 Å². The fourth-order valence-electron chi connectivity index (χ4n) is 5.99. The number of likely N-dealkylation sites (tertiary alicyclic amines) is 1. The van der Waals surface area contributed by atoms with Gasteiger partial charge in [0, 0.05) is 18.4 Å². The number of carboxylic acid groups (broad SMARTS) is 1. The number of allylic oxidation sites excluding steroid dienone is 2. The Hall–Kier alpha value is -2.43. The number of carboxylic acids is 1. The zero-order valence-electron chi connectivity index (χ0n) is 21.7. The Bertz CT molecular complexity index is 934. The highest BCUT2D eigenvalue weighted by atomic mass is 16.5. The fourth-order valence-corrected chi connectivity index (χ4v) is 5.99. The van der Waals surface area contributed by atoms with Crippen LogP contribution < -0.4 is 0 Å². The van der Waals surface area contributed by atoms with Gasteiger partial charge in [-0.1, -0.05) is 73.2 Å². The number of ether oxygens (including phenoxy) is 1. The molecule has 1 aliphatic carbocycles. The van der Waals surface area contributed by atoms with Gasteiger partial charge in [-0.3, -0.25) is 4.79 Å². The normalized spacial score (nSPS) is 22.8. The van der Waals surface area contributed by atoms with Crippen molar-refractivity contribution in [2.45, 2.75) is 89.4 Å². The van der Waals surface area contributed by atoms with Crippen molar-refractivity contribution in [2.24, 2.45) is 5.92 Å². The van der Waals surface area contributed by atoms with Crippen LogP contribution in [-0.2, 0) is 16.1 Å². The molecule has 4 rings (SSSR count). The predicted molar refractivity (Wildman–Crippen MR) is 147 cm³/mol. The molecular weight excluding hydrogens is 446 g/mol. The molecule has 0 aromatic heterocycles. The second-order valence-corrected chi connectivity index (χ2v) is 10.5. The number of carbonyl (C=O) groups is 1. The van der Waals surface area contributed by atoms with Crippen LogP contribution in [-0.4, -0.2) is 41.2 Å². The molecule has 1 aliphatic heterocycles. The monoisotopic (exact) mass is 489 g/mol. The first-order chi connectivity index (χ1) is 17.7. The molecule has 2 aromatic rings. The Labute approximate surface area is 217 Å². The van der Waals surface area contributed by atoms with Gasteiger partial charge in [-0.15, -0.1) is 0 Å². The SMILES string of the molecule is O=C(O)CCCC/C=C/CCC1C(OCc2ccc(-c3ccccc3)cc2)CCC1N1CCCCC1. The molecule has 36 heavy (non-hydrogen) atoms. The Morgan fingerprint density at radius 2 is 1.61 bits per heavy atom. The predicted octanol–water partition coefficient (Wildman–Crippen LogP) is 7.48. The molecule has 194 valence electrons. The maximum absolute atomic E-state index is 10.7. The van der Waals surface area contributed by atoms with Crippen molar-refractivity contribution < 1.29 is 14.6 Å².